The van der Waals surface area contributed by atoms with Crippen LogP contribution in [0.5, 0.6) is 0 Å². The Morgan fingerprint density at radius 2 is 1.63 bits per heavy atom. The number of ether oxygens (including phenoxy) is 2. The normalized spacial score (nSPS) is 10.4. The number of aromatic nitrogens is 4. The monoisotopic (exact) mass is 366 g/mol. The molecule has 0 N–H and O–H groups in total. The van der Waals surface area contributed by atoms with E-state index in [1.54, 1.807) is 26.0 Å². The molecule has 0 spiro atoms. The fourth-order valence-corrected chi connectivity index (χ4v) is 2.48. The van der Waals surface area contributed by atoms with Crippen LogP contribution in [0.1, 0.15) is 34.7 Å². The maximum atomic E-state index is 12.4. The summed E-state index contributed by atoms with van der Waals surface area (Å²) >= 11 is 0. The van der Waals surface area contributed by atoms with Gasteiger partial charge in [-0.2, -0.15) is 5.10 Å². The molecule has 0 aliphatic rings. The van der Waals surface area contributed by atoms with Crippen molar-refractivity contribution in [3.05, 3.63) is 59.9 Å². The van der Waals surface area contributed by atoms with Crippen molar-refractivity contribution in [2.24, 2.45) is 0 Å². The van der Waals surface area contributed by atoms with Gasteiger partial charge in [0, 0.05) is 5.56 Å². The third kappa shape index (κ3) is 3.84. The van der Waals surface area contributed by atoms with Crippen molar-refractivity contribution in [1.82, 2.24) is 20.0 Å². The molecule has 3 rings (SSSR count). The Labute approximate surface area is 155 Å². The van der Waals surface area contributed by atoms with Crippen LogP contribution in [0.15, 0.2) is 48.7 Å². The standard InChI is InChI=1S/C19H18N4O4/c1-3-26-18(24)14-12-20-23(17(14)19(25)27-4-2)16-11-10-15(21-22-16)13-8-6-5-7-9-13/h5-12H,3-4H2,1-2H3. The van der Waals surface area contributed by atoms with Crippen molar-refractivity contribution < 1.29 is 19.1 Å². The average Bonchev–Trinajstić information content (AvgIpc) is 3.14. The van der Waals surface area contributed by atoms with E-state index in [0.29, 0.717) is 5.69 Å². The van der Waals surface area contributed by atoms with Crippen molar-refractivity contribution in [2.45, 2.75) is 13.8 Å². The predicted octanol–water partition coefficient (Wildman–Crippen LogP) is 2.68. The van der Waals surface area contributed by atoms with E-state index < -0.39 is 11.9 Å². The van der Waals surface area contributed by atoms with Crippen molar-refractivity contribution in [2.75, 3.05) is 13.2 Å². The molecule has 1 aromatic carbocycles. The van der Waals surface area contributed by atoms with E-state index in [-0.39, 0.29) is 30.3 Å². The first-order valence-corrected chi connectivity index (χ1v) is 8.47. The highest BCUT2D eigenvalue weighted by Crippen LogP contribution is 2.19. The second-order valence-electron chi connectivity index (χ2n) is 5.40. The SMILES string of the molecule is CCOC(=O)c1cnn(-c2ccc(-c3ccccc3)nn2)c1C(=O)OCC. The first-order valence-electron chi connectivity index (χ1n) is 8.47. The van der Waals surface area contributed by atoms with Gasteiger partial charge >= 0.3 is 11.9 Å². The number of nitrogens with zero attached hydrogens (tertiary/aromatic N) is 4. The fraction of sp³-hybridized carbons (Fsp3) is 0.211. The van der Waals surface area contributed by atoms with E-state index in [2.05, 4.69) is 15.3 Å². The van der Waals surface area contributed by atoms with Crippen LogP contribution in [0, 0.1) is 0 Å². The molecule has 0 atom stereocenters. The first-order chi connectivity index (χ1) is 13.2. The second-order valence-corrected chi connectivity index (χ2v) is 5.40. The van der Waals surface area contributed by atoms with Gasteiger partial charge in [-0.1, -0.05) is 30.3 Å². The zero-order chi connectivity index (χ0) is 19.2. The van der Waals surface area contributed by atoms with Crippen LogP contribution < -0.4 is 0 Å². The van der Waals surface area contributed by atoms with Gasteiger partial charge in [-0.25, -0.2) is 14.3 Å². The molecule has 0 aliphatic carbocycles. The summed E-state index contributed by atoms with van der Waals surface area (Å²) < 4.78 is 11.3. The number of carbonyl (C=O) groups is 2. The molecule has 138 valence electrons. The molecular formula is C19H18N4O4. The molecule has 2 heterocycles. The van der Waals surface area contributed by atoms with Gasteiger partial charge in [0.05, 0.1) is 25.1 Å². The van der Waals surface area contributed by atoms with E-state index >= 15 is 0 Å². The van der Waals surface area contributed by atoms with Crippen LogP contribution >= 0.6 is 0 Å². The Balaban J connectivity index is 2.00. The molecule has 0 saturated heterocycles. The third-order valence-electron chi connectivity index (χ3n) is 3.67. The summed E-state index contributed by atoms with van der Waals surface area (Å²) in [5.74, 6) is -1.05. The van der Waals surface area contributed by atoms with Crippen LogP contribution in [-0.2, 0) is 9.47 Å². The van der Waals surface area contributed by atoms with E-state index in [0.717, 1.165) is 5.56 Å². The topological polar surface area (TPSA) is 96.2 Å². The molecule has 0 saturated carbocycles. The van der Waals surface area contributed by atoms with Gasteiger partial charge in [0.15, 0.2) is 11.5 Å². The molecule has 8 nitrogen and oxygen atoms in total. The van der Waals surface area contributed by atoms with Crippen LogP contribution in [0.25, 0.3) is 17.1 Å². The van der Waals surface area contributed by atoms with Crippen molar-refractivity contribution >= 4 is 11.9 Å². The van der Waals surface area contributed by atoms with E-state index in [1.807, 2.05) is 30.3 Å². The molecule has 0 amide bonds. The fourth-order valence-electron chi connectivity index (χ4n) is 2.48. The number of rotatable bonds is 6. The van der Waals surface area contributed by atoms with Crippen LogP contribution in [0.3, 0.4) is 0 Å². The maximum Gasteiger partial charge on any atom is 0.358 e. The molecule has 27 heavy (non-hydrogen) atoms. The lowest BCUT2D eigenvalue weighted by Crippen LogP contribution is -2.17. The summed E-state index contributed by atoms with van der Waals surface area (Å²) in [4.78, 5) is 24.5. The molecule has 0 unspecified atom stereocenters. The molecule has 3 aromatic rings. The quantitative estimate of drug-likeness (QED) is 0.619. The highest BCUT2D eigenvalue weighted by molar-refractivity contribution is 6.02. The molecule has 0 fully saturated rings. The van der Waals surface area contributed by atoms with E-state index in [9.17, 15) is 9.59 Å². The molecular weight excluding hydrogens is 348 g/mol. The lowest BCUT2D eigenvalue weighted by Gasteiger charge is -2.08. The number of benzene rings is 1. The van der Waals surface area contributed by atoms with Crippen molar-refractivity contribution in [3.8, 4) is 17.1 Å². The minimum absolute atomic E-state index is 0.0178. The second kappa shape index (κ2) is 8.22. The zero-order valence-electron chi connectivity index (χ0n) is 15.0. The number of hydrogen-bond donors (Lipinski definition) is 0. The molecule has 8 heteroatoms. The van der Waals surface area contributed by atoms with Gasteiger partial charge in [0.2, 0.25) is 0 Å². The van der Waals surface area contributed by atoms with Gasteiger partial charge in [-0.3, -0.25) is 0 Å². The van der Waals surface area contributed by atoms with Gasteiger partial charge < -0.3 is 9.47 Å². The van der Waals surface area contributed by atoms with Gasteiger partial charge in [-0.15, -0.1) is 10.2 Å². The Hall–Kier alpha value is -3.55. The average molecular weight is 366 g/mol. The van der Waals surface area contributed by atoms with E-state index in [1.165, 1.54) is 10.9 Å². The molecule has 0 radical (unpaired) electrons. The lowest BCUT2D eigenvalue weighted by atomic mass is 10.1. The Morgan fingerprint density at radius 3 is 2.26 bits per heavy atom. The Morgan fingerprint density at radius 1 is 0.926 bits per heavy atom. The van der Waals surface area contributed by atoms with Crippen molar-refractivity contribution in [3.63, 3.8) is 0 Å². The Bertz CT molecular complexity index is 936. The van der Waals surface area contributed by atoms with E-state index in [4.69, 9.17) is 9.47 Å². The number of esters is 2. The summed E-state index contributed by atoms with van der Waals surface area (Å²) in [6.45, 7) is 3.69. The van der Waals surface area contributed by atoms with Crippen LogP contribution in [0.4, 0.5) is 0 Å². The zero-order valence-corrected chi connectivity index (χ0v) is 15.0. The third-order valence-corrected chi connectivity index (χ3v) is 3.67. The Kier molecular flexibility index (Phi) is 5.55. The smallest absolute Gasteiger partial charge is 0.358 e. The lowest BCUT2D eigenvalue weighted by molar-refractivity contribution is 0.0472. The van der Waals surface area contributed by atoms with Gasteiger partial charge in [0.1, 0.15) is 5.56 Å². The van der Waals surface area contributed by atoms with Crippen molar-refractivity contribution in [1.29, 1.82) is 0 Å². The molecule has 0 aliphatic heterocycles. The summed E-state index contributed by atoms with van der Waals surface area (Å²) in [5.41, 5.74) is 1.56. The number of hydrogen-bond acceptors (Lipinski definition) is 7. The van der Waals surface area contributed by atoms with Crippen LogP contribution in [-0.4, -0.2) is 45.1 Å². The van der Waals surface area contributed by atoms with Gasteiger partial charge in [-0.05, 0) is 26.0 Å². The minimum Gasteiger partial charge on any atom is -0.462 e. The molecule has 0 bridgehead atoms. The highest BCUT2D eigenvalue weighted by Gasteiger charge is 2.27. The summed E-state index contributed by atoms with van der Waals surface area (Å²) in [5, 5.41) is 12.4. The summed E-state index contributed by atoms with van der Waals surface area (Å²) in [7, 11) is 0. The van der Waals surface area contributed by atoms with Gasteiger partial charge in [0.25, 0.3) is 0 Å². The summed E-state index contributed by atoms with van der Waals surface area (Å²) in [6, 6.07) is 13.0. The largest absolute Gasteiger partial charge is 0.462 e. The minimum atomic E-state index is -0.688. The predicted molar refractivity (Wildman–Crippen MR) is 96.5 cm³/mol. The van der Waals surface area contributed by atoms with Crippen LogP contribution in [0.2, 0.25) is 0 Å². The number of carbonyl (C=O) groups excluding carboxylic acids is 2. The first kappa shape index (κ1) is 18.2. The molecule has 2 aromatic heterocycles. The summed E-state index contributed by atoms with van der Waals surface area (Å²) in [6.07, 6.45) is 1.26. The highest BCUT2D eigenvalue weighted by atomic mass is 16.5. The maximum absolute atomic E-state index is 12.4.